The third-order valence-electron chi connectivity index (χ3n) is 1.78. The summed E-state index contributed by atoms with van der Waals surface area (Å²) in [6.07, 6.45) is 0.141. The number of para-hydroxylation sites is 1. The van der Waals surface area contributed by atoms with Crippen LogP contribution in [0.3, 0.4) is 0 Å². The Kier molecular flexibility index (Phi) is 4.85. The van der Waals surface area contributed by atoms with E-state index >= 15 is 0 Å². The zero-order valence-corrected chi connectivity index (χ0v) is 8.68. The van der Waals surface area contributed by atoms with Crippen LogP contribution in [-0.2, 0) is 9.59 Å². The maximum atomic E-state index is 11.1. The standard InChI is InChI=1S/C11H13NO4/c13-10(12-8-11(14)15)6-7-16-9-4-2-1-3-5-9/h1-5H,6-8H2,(H,12,13)(H,14,15). The monoisotopic (exact) mass is 223 g/mol. The second kappa shape index (κ2) is 6.44. The molecule has 1 amide bonds. The van der Waals surface area contributed by atoms with E-state index in [1.165, 1.54) is 0 Å². The number of benzene rings is 1. The molecule has 0 bridgehead atoms. The van der Waals surface area contributed by atoms with Crippen molar-refractivity contribution in [3.05, 3.63) is 30.3 Å². The Labute approximate surface area is 93.0 Å². The smallest absolute Gasteiger partial charge is 0.322 e. The van der Waals surface area contributed by atoms with E-state index in [2.05, 4.69) is 5.32 Å². The number of carbonyl (C=O) groups excluding carboxylic acids is 1. The highest BCUT2D eigenvalue weighted by Gasteiger charge is 2.03. The van der Waals surface area contributed by atoms with Gasteiger partial charge in [-0.3, -0.25) is 9.59 Å². The number of carboxylic acids is 1. The SMILES string of the molecule is O=C(O)CNC(=O)CCOc1ccccc1. The van der Waals surface area contributed by atoms with E-state index in [-0.39, 0.29) is 25.5 Å². The van der Waals surface area contributed by atoms with Gasteiger partial charge < -0.3 is 15.2 Å². The summed E-state index contributed by atoms with van der Waals surface area (Å²) in [6.45, 7) is -0.125. The van der Waals surface area contributed by atoms with Gasteiger partial charge in [0.2, 0.25) is 5.91 Å². The number of rotatable bonds is 6. The van der Waals surface area contributed by atoms with Crippen LogP contribution in [0.15, 0.2) is 30.3 Å². The highest BCUT2D eigenvalue weighted by molar-refractivity contribution is 5.81. The van der Waals surface area contributed by atoms with Crippen LogP contribution in [0, 0.1) is 0 Å². The quantitative estimate of drug-likeness (QED) is 0.742. The lowest BCUT2D eigenvalue weighted by atomic mass is 10.3. The zero-order chi connectivity index (χ0) is 11.8. The van der Waals surface area contributed by atoms with Gasteiger partial charge in [-0.1, -0.05) is 18.2 Å². The molecular weight excluding hydrogens is 210 g/mol. The fraction of sp³-hybridized carbons (Fsp3) is 0.273. The molecule has 0 radical (unpaired) electrons. The molecule has 0 aliphatic rings. The van der Waals surface area contributed by atoms with Gasteiger partial charge in [0.05, 0.1) is 13.0 Å². The molecule has 0 aliphatic carbocycles. The average molecular weight is 223 g/mol. The highest BCUT2D eigenvalue weighted by Crippen LogP contribution is 2.08. The summed E-state index contributed by atoms with van der Waals surface area (Å²) in [5, 5.41) is 10.6. The highest BCUT2D eigenvalue weighted by atomic mass is 16.5. The van der Waals surface area contributed by atoms with E-state index in [0.29, 0.717) is 5.75 Å². The normalized spacial score (nSPS) is 9.50. The third kappa shape index (κ3) is 4.99. The van der Waals surface area contributed by atoms with Crippen LogP contribution >= 0.6 is 0 Å². The fourth-order valence-electron chi connectivity index (χ4n) is 1.04. The van der Waals surface area contributed by atoms with E-state index in [0.717, 1.165) is 0 Å². The topological polar surface area (TPSA) is 75.6 Å². The Bertz CT molecular complexity index is 350. The van der Waals surface area contributed by atoms with Crippen molar-refractivity contribution in [1.82, 2.24) is 5.32 Å². The van der Waals surface area contributed by atoms with Crippen molar-refractivity contribution < 1.29 is 19.4 Å². The van der Waals surface area contributed by atoms with Crippen molar-refractivity contribution in [2.24, 2.45) is 0 Å². The van der Waals surface area contributed by atoms with E-state index in [9.17, 15) is 9.59 Å². The Morgan fingerprint density at radius 1 is 1.25 bits per heavy atom. The molecule has 0 unspecified atom stereocenters. The third-order valence-corrected chi connectivity index (χ3v) is 1.78. The number of nitrogens with one attached hydrogen (secondary N) is 1. The Morgan fingerprint density at radius 3 is 2.56 bits per heavy atom. The molecule has 0 aliphatic heterocycles. The maximum absolute atomic E-state index is 11.1. The van der Waals surface area contributed by atoms with Gasteiger partial charge in [-0.05, 0) is 12.1 Å². The first-order valence-corrected chi connectivity index (χ1v) is 4.85. The molecule has 5 heteroatoms. The predicted octanol–water partition coefficient (Wildman–Crippen LogP) is 0.656. The number of amides is 1. The number of ether oxygens (including phenoxy) is 1. The lowest BCUT2D eigenvalue weighted by molar-refractivity contribution is -0.138. The molecule has 86 valence electrons. The summed E-state index contributed by atoms with van der Waals surface area (Å²) >= 11 is 0. The molecule has 0 atom stereocenters. The van der Waals surface area contributed by atoms with Crippen molar-refractivity contribution in [1.29, 1.82) is 0 Å². The van der Waals surface area contributed by atoms with Crippen LogP contribution in [-0.4, -0.2) is 30.1 Å². The summed E-state index contributed by atoms with van der Waals surface area (Å²) in [6, 6.07) is 9.11. The van der Waals surface area contributed by atoms with Gasteiger partial charge in [-0.25, -0.2) is 0 Å². The Balaban J connectivity index is 2.16. The average Bonchev–Trinajstić information content (AvgIpc) is 2.28. The van der Waals surface area contributed by atoms with Crippen molar-refractivity contribution >= 4 is 11.9 Å². The first-order chi connectivity index (χ1) is 7.68. The zero-order valence-electron chi connectivity index (χ0n) is 8.68. The molecule has 2 N–H and O–H groups in total. The van der Waals surface area contributed by atoms with Gasteiger partial charge in [0.15, 0.2) is 0 Å². The van der Waals surface area contributed by atoms with E-state index in [1.54, 1.807) is 12.1 Å². The van der Waals surface area contributed by atoms with Crippen molar-refractivity contribution in [3.63, 3.8) is 0 Å². The van der Waals surface area contributed by atoms with Gasteiger partial charge in [0.1, 0.15) is 12.3 Å². The van der Waals surface area contributed by atoms with Crippen molar-refractivity contribution in [3.8, 4) is 5.75 Å². The minimum atomic E-state index is -1.06. The molecular formula is C11H13NO4. The molecule has 1 aromatic rings. The molecule has 0 aromatic heterocycles. The summed E-state index contributed by atoms with van der Waals surface area (Å²) in [7, 11) is 0. The van der Waals surface area contributed by atoms with Crippen LogP contribution in [0.4, 0.5) is 0 Å². The minimum absolute atomic E-state index is 0.141. The first kappa shape index (κ1) is 12.0. The van der Waals surface area contributed by atoms with Crippen LogP contribution in [0.1, 0.15) is 6.42 Å². The number of carbonyl (C=O) groups is 2. The van der Waals surface area contributed by atoms with Crippen LogP contribution < -0.4 is 10.1 Å². The Morgan fingerprint density at radius 2 is 1.94 bits per heavy atom. The summed E-state index contributed by atoms with van der Waals surface area (Å²) in [4.78, 5) is 21.2. The van der Waals surface area contributed by atoms with Gasteiger partial charge in [-0.15, -0.1) is 0 Å². The molecule has 1 aromatic carbocycles. The lowest BCUT2D eigenvalue weighted by Crippen LogP contribution is -2.30. The number of carboxylic acid groups (broad SMARTS) is 1. The van der Waals surface area contributed by atoms with Gasteiger partial charge >= 0.3 is 5.97 Å². The van der Waals surface area contributed by atoms with Crippen LogP contribution in [0.5, 0.6) is 5.75 Å². The first-order valence-electron chi connectivity index (χ1n) is 4.85. The van der Waals surface area contributed by atoms with Crippen LogP contribution in [0.2, 0.25) is 0 Å². The molecule has 0 spiro atoms. The molecule has 5 nitrogen and oxygen atoms in total. The summed E-state index contributed by atoms with van der Waals surface area (Å²) in [5.74, 6) is -0.704. The minimum Gasteiger partial charge on any atom is -0.493 e. The largest absolute Gasteiger partial charge is 0.493 e. The fourth-order valence-corrected chi connectivity index (χ4v) is 1.04. The predicted molar refractivity (Wildman–Crippen MR) is 57.2 cm³/mol. The Hall–Kier alpha value is -2.04. The van der Waals surface area contributed by atoms with E-state index < -0.39 is 5.97 Å². The van der Waals surface area contributed by atoms with Crippen molar-refractivity contribution in [2.75, 3.05) is 13.2 Å². The van der Waals surface area contributed by atoms with Gasteiger partial charge in [0.25, 0.3) is 0 Å². The van der Waals surface area contributed by atoms with Gasteiger partial charge in [0, 0.05) is 0 Å². The molecule has 1 rings (SSSR count). The number of hydrogen-bond donors (Lipinski definition) is 2. The number of aliphatic carboxylic acids is 1. The summed E-state index contributed by atoms with van der Waals surface area (Å²) < 4.78 is 5.28. The molecule has 0 saturated heterocycles. The van der Waals surface area contributed by atoms with Gasteiger partial charge in [-0.2, -0.15) is 0 Å². The second-order valence-electron chi connectivity index (χ2n) is 3.08. The summed E-state index contributed by atoms with van der Waals surface area (Å²) in [5.41, 5.74) is 0. The second-order valence-corrected chi connectivity index (χ2v) is 3.08. The molecule has 0 saturated carbocycles. The lowest BCUT2D eigenvalue weighted by Gasteiger charge is -2.05. The van der Waals surface area contributed by atoms with E-state index in [1.807, 2.05) is 18.2 Å². The molecule has 0 fully saturated rings. The number of hydrogen-bond acceptors (Lipinski definition) is 3. The van der Waals surface area contributed by atoms with Crippen LogP contribution in [0.25, 0.3) is 0 Å². The maximum Gasteiger partial charge on any atom is 0.322 e. The molecule has 16 heavy (non-hydrogen) atoms. The van der Waals surface area contributed by atoms with E-state index in [4.69, 9.17) is 9.84 Å². The molecule has 0 heterocycles. The van der Waals surface area contributed by atoms with Crippen molar-refractivity contribution in [2.45, 2.75) is 6.42 Å².